The Bertz CT molecular complexity index is 461. The van der Waals surface area contributed by atoms with Crippen LogP contribution in [0.25, 0.3) is 0 Å². The van der Waals surface area contributed by atoms with Crippen LogP contribution in [0, 0.1) is 5.92 Å². The molecule has 1 fully saturated rings. The maximum absolute atomic E-state index is 11.3. The van der Waals surface area contributed by atoms with E-state index in [1.165, 1.54) is 0 Å². The summed E-state index contributed by atoms with van der Waals surface area (Å²) in [5, 5.41) is 5.76. The van der Waals surface area contributed by atoms with E-state index in [4.69, 9.17) is 15.2 Å². The van der Waals surface area contributed by atoms with E-state index in [9.17, 15) is 4.79 Å². The Morgan fingerprint density at radius 1 is 1.60 bits per heavy atom. The molecule has 20 heavy (non-hydrogen) atoms. The molecule has 0 saturated carbocycles. The van der Waals surface area contributed by atoms with Crippen molar-refractivity contribution in [3.63, 3.8) is 0 Å². The molecule has 7 nitrogen and oxygen atoms in total. The van der Waals surface area contributed by atoms with Crippen molar-refractivity contribution in [2.45, 2.75) is 13.3 Å². The maximum atomic E-state index is 11.3. The third kappa shape index (κ3) is 3.99. The highest BCUT2D eigenvalue weighted by Gasteiger charge is 2.15. The number of nitrogen functional groups attached to an aromatic ring is 1. The molecule has 0 radical (unpaired) electrons. The summed E-state index contributed by atoms with van der Waals surface area (Å²) in [5.41, 5.74) is 6.25. The Morgan fingerprint density at radius 3 is 3.10 bits per heavy atom. The Kier molecular flexibility index (Phi) is 5.00. The first-order valence-electron chi connectivity index (χ1n) is 6.71. The lowest BCUT2D eigenvalue weighted by molar-refractivity contribution is 0.168. The zero-order valence-corrected chi connectivity index (χ0v) is 11.5. The summed E-state index contributed by atoms with van der Waals surface area (Å²) < 4.78 is 10.1. The standard InChI is InChI=1S/C13H20N4O3/c1-2-20-13(18)16-10-3-4-11(17-12(10)14)15-7-9-5-6-19-8-9/h3-4,9H,2,5-8H2,1H3,(H,16,18)(H3,14,15,17). The molecular weight excluding hydrogens is 260 g/mol. The molecule has 1 unspecified atom stereocenters. The summed E-state index contributed by atoms with van der Waals surface area (Å²) in [5.74, 6) is 1.45. The Morgan fingerprint density at radius 2 is 2.45 bits per heavy atom. The van der Waals surface area contributed by atoms with E-state index in [-0.39, 0.29) is 5.82 Å². The number of amides is 1. The average Bonchev–Trinajstić information content (AvgIpc) is 2.93. The molecule has 1 aliphatic heterocycles. The van der Waals surface area contributed by atoms with Crippen LogP contribution in [0.3, 0.4) is 0 Å². The van der Waals surface area contributed by atoms with Crippen LogP contribution in [0.2, 0.25) is 0 Å². The first-order valence-corrected chi connectivity index (χ1v) is 6.71. The van der Waals surface area contributed by atoms with Crippen LogP contribution in [0.4, 0.5) is 22.1 Å². The van der Waals surface area contributed by atoms with Crippen molar-refractivity contribution in [1.82, 2.24) is 4.98 Å². The maximum Gasteiger partial charge on any atom is 0.411 e. The van der Waals surface area contributed by atoms with Crippen molar-refractivity contribution < 1.29 is 14.3 Å². The number of nitrogens with two attached hydrogens (primary N) is 1. The van der Waals surface area contributed by atoms with E-state index in [1.807, 2.05) is 0 Å². The zero-order chi connectivity index (χ0) is 14.4. The first-order chi connectivity index (χ1) is 9.69. The van der Waals surface area contributed by atoms with Crippen LogP contribution in [-0.4, -0.2) is 37.4 Å². The predicted molar refractivity (Wildman–Crippen MR) is 76.7 cm³/mol. The molecule has 2 heterocycles. The second kappa shape index (κ2) is 6.95. The van der Waals surface area contributed by atoms with Gasteiger partial charge in [0.15, 0.2) is 0 Å². The van der Waals surface area contributed by atoms with E-state index in [0.717, 1.165) is 26.2 Å². The topological polar surface area (TPSA) is 98.5 Å². The quantitative estimate of drug-likeness (QED) is 0.759. The van der Waals surface area contributed by atoms with E-state index >= 15 is 0 Å². The smallest absolute Gasteiger partial charge is 0.411 e. The van der Waals surface area contributed by atoms with Crippen molar-refractivity contribution in [3.05, 3.63) is 12.1 Å². The van der Waals surface area contributed by atoms with E-state index in [2.05, 4.69) is 15.6 Å². The Balaban J connectivity index is 1.89. The van der Waals surface area contributed by atoms with Crippen molar-refractivity contribution in [3.8, 4) is 0 Å². The summed E-state index contributed by atoms with van der Waals surface area (Å²) in [6.45, 7) is 4.45. The molecule has 1 saturated heterocycles. The van der Waals surface area contributed by atoms with Crippen LogP contribution in [0.5, 0.6) is 0 Å². The van der Waals surface area contributed by atoms with Crippen LogP contribution >= 0.6 is 0 Å². The molecule has 1 aromatic rings. The minimum absolute atomic E-state index is 0.255. The minimum Gasteiger partial charge on any atom is -0.450 e. The molecule has 1 aliphatic rings. The van der Waals surface area contributed by atoms with Gasteiger partial charge in [-0.3, -0.25) is 5.32 Å². The van der Waals surface area contributed by atoms with Crippen LogP contribution < -0.4 is 16.4 Å². The first kappa shape index (κ1) is 14.4. The summed E-state index contributed by atoms with van der Waals surface area (Å²) in [7, 11) is 0. The lowest BCUT2D eigenvalue weighted by Crippen LogP contribution is -2.17. The number of hydrogen-bond donors (Lipinski definition) is 3. The summed E-state index contributed by atoms with van der Waals surface area (Å²) in [4.78, 5) is 15.5. The number of aromatic nitrogens is 1. The number of rotatable bonds is 5. The van der Waals surface area contributed by atoms with Gasteiger partial charge in [-0.1, -0.05) is 0 Å². The lowest BCUT2D eigenvalue weighted by atomic mass is 10.1. The molecule has 1 amide bonds. The normalized spacial score (nSPS) is 17.8. The van der Waals surface area contributed by atoms with Crippen LogP contribution in [0.15, 0.2) is 12.1 Å². The SMILES string of the molecule is CCOC(=O)Nc1ccc(NCC2CCOC2)nc1N. The van der Waals surface area contributed by atoms with E-state index in [1.54, 1.807) is 19.1 Å². The van der Waals surface area contributed by atoms with E-state index in [0.29, 0.717) is 24.0 Å². The molecule has 0 aromatic carbocycles. The van der Waals surface area contributed by atoms with Gasteiger partial charge in [-0.2, -0.15) is 0 Å². The second-order valence-electron chi connectivity index (χ2n) is 4.59. The fourth-order valence-electron chi connectivity index (χ4n) is 1.95. The van der Waals surface area contributed by atoms with Gasteiger partial charge in [-0.05, 0) is 25.5 Å². The van der Waals surface area contributed by atoms with Gasteiger partial charge in [0.25, 0.3) is 0 Å². The number of carbonyl (C=O) groups excluding carboxylic acids is 1. The van der Waals surface area contributed by atoms with Gasteiger partial charge in [-0.25, -0.2) is 9.78 Å². The van der Waals surface area contributed by atoms with Gasteiger partial charge >= 0.3 is 6.09 Å². The highest BCUT2D eigenvalue weighted by molar-refractivity contribution is 5.88. The molecule has 0 aliphatic carbocycles. The average molecular weight is 280 g/mol. The van der Waals surface area contributed by atoms with Crippen molar-refractivity contribution in [2.24, 2.45) is 5.92 Å². The third-order valence-electron chi connectivity index (χ3n) is 3.03. The molecule has 2 rings (SSSR count). The van der Waals surface area contributed by atoms with Gasteiger partial charge in [-0.15, -0.1) is 0 Å². The van der Waals surface area contributed by atoms with Gasteiger partial charge in [0.1, 0.15) is 11.6 Å². The number of nitrogens with zero attached hydrogens (tertiary/aromatic N) is 1. The van der Waals surface area contributed by atoms with Gasteiger partial charge in [0, 0.05) is 19.1 Å². The Hall–Kier alpha value is -2.02. The lowest BCUT2D eigenvalue weighted by Gasteiger charge is -2.12. The summed E-state index contributed by atoms with van der Waals surface area (Å²) >= 11 is 0. The predicted octanol–water partition coefficient (Wildman–Crippen LogP) is 1.68. The van der Waals surface area contributed by atoms with Crippen molar-refractivity contribution in [2.75, 3.05) is 42.7 Å². The van der Waals surface area contributed by atoms with Gasteiger partial charge < -0.3 is 20.5 Å². The highest BCUT2D eigenvalue weighted by Crippen LogP contribution is 2.20. The molecule has 1 aromatic heterocycles. The van der Waals surface area contributed by atoms with Gasteiger partial charge in [0.2, 0.25) is 0 Å². The fourth-order valence-corrected chi connectivity index (χ4v) is 1.95. The monoisotopic (exact) mass is 280 g/mol. The van der Waals surface area contributed by atoms with Crippen LogP contribution in [-0.2, 0) is 9.47 Å². The number of carbonyl (C=O) groups is 1. The van der Waals surface area contributed by atoms with E-state index < -0.39 is 6.09 Å². The molecular formula is C13H20N4O3. The summed E-state index contributed by atoms with van der Waals surface area (Å²) in [6.07, 6.45) is 0.523. The second-order valence-corrected chi connectivity index (χ2v) is 4.59. The Labute approximate surface area is 117 Å². The largest absolute Gasteiger partial charge is 0.450 e. The molecule has 1 atom stereocenters. The van der Waals surface area contributed by atoms with Crippen molar-refractivity contribution >= 4 is 23.4 Å². The zero-order valence-electron chi connectivity index (χ0n) is 11.5. The number of hydrogen-bond acceptors (Lipinski definition) is 6. The third-order valence-corrected chi connectivity index (χ3v) is 3.03. The molecule has 0 spiro atoms. The van der Waals surface area contributed by atoms with Gasteiger partial charge in [0.05, 0.1) is 18.9 Å². The fraction of sp³-hybridized carbons (Fsp3) is 0.538. The number of anilines is 3. The number of ether oxygens (including phenoxy) is 2. The minimum atomic E-state index is -0.537. The molecule has 0 bridgehead atoms. The number of pyridine rings is 1. The summed E-state index contributed by atoms with van der Waals surface area (Å²) in [6, 6.07) is 3.47. The highest BCUT2D eigenvalue weighted by atomic mass is 16.5. The molecule has 4 N–H and O–H groups in total. The van der Waals surface area contributed by atoms with Crippen LogP contribution in [0.1, 0.15) is 13.3 Å². The van der Waals surface area contributed by atoms with Crippen molar-refractivity contribution in [1.29, 1.82) is 0 Å². The number of nitrogens with one attached hydrogen (secondary N) is 2. The molecule has 110 valence electrons. The molecule has 7 heteroatoms.